The zero-order valence-corrected chi connectivity index (χ0v) is 28.6. The van der Waals surface area contributed by atoms with E-state index in [2.05, 4.69) is 189 Å². The molecule has 0 radical (unpaired) electrons. The molecule has 2 heteroatoms. The van der Waals surface area contributed by atoms with Crippen molar-refractivity contribution in [3.8, 4) is 33.4 Å². The van der Waals surface area contributed by atoms with Gasteiger partial charge in [0.1, 0.15) is 0 Å². The van der Waals surface area contributed by atoms with Crippen LogP contribution in [0.25, 0.3) is 71.3 Å². The Morgan fingerprint density at radius 2 is 1.00 bits per heavy atom. The van der Waals surface area contributed by atoms with Gasteiger partial charge in [-0.05, 0) is 87.1 Å². The van der Waals surface area contributed by atoms with E-state index < -0.39 is 0 Å². The van der Waals surface area contributed by atoms with Gasteiger partial charge in [-0.15, -0.1) is 0 Å². The third-order valence-electron chi connectivity index (χ3n) is 10.5. The molecule has 0 atom stereocenters. The summed E-state index contributed by atoms with van der Waals surface area (Å²) in [6.07, 6.45) is 0. The normalized spacial score (nSPS) is 12.2. The van der Waals surface area contributed by atoms with E-state index in [1.807, 2.05) is 0 Å². The molecule has 9 aromatic rings. The van der Waals surface area contributed by atoms with Gasteiger partial charge in [-0.2, -0.15) is 0 Å². The van der Waals surface area contributed by atoms with Crippen molar-refractivity contribution in [3.63, 3.8) is 0 Å². The molecule has 0 aliphatic carbocycles. The number of anilines is 3. The van der Waals surface area contributed by atoms with Gasteiger partial charge in [0, 0.05) is 21.9 Å². The first-order valence-corrected chi connectivity index (χ1v) is 17.6. The van der Waals surface area contributed by atoms with Crippen molar-refractivity contribution in [2.24, 2.45) is 4.99 Å². The van der Waals surface area contributed by atoms with Gasteiger partial charge < -0.3 is 4.90 Å². The van der Waals surface area contributed by atoms with Crippen molar-refractivity contribution >= 4 is 60.6 Å². The number of nitrogens with zero attached hydrogens (tertiary/aromatic N) is 2. The maximum Gasteiger partial charge on any atom is 0.0963 e. The van der Waals surface area contributed by atoms with Crippen LogP contribution in [-0.4, -0.2) is 0 Å². The highest BCUT2D eigenvalue weighted by Crippen LogP contribution is 2.56. The summed E-state index contributed by atoms with van der Waals surface area (Å²) in [5.41, 5.74) is 12.7. The van der Waals surface area contributed by atoms with E-state index in [1.165, 1.54) is 76.5 Å². The first-order chi connectivity index (χ1) is 25.1. The molecule has 0 spiro atoms. The molecule has 0 aromatic heterocycles. The minimum atomic E-state index is 0.965. The Labute approximate surface area is 297 Å². The molecule has 9 aromatic carbocycles. The van der Waals surface area contributed by atoms with Gasteiger partial charge in [0.05, 0.1) is 28.1 Å². The van der Waals surface area contributed by atoms with Gasteiger partial charge in [-0.3, -0.25) is 0 Å². The highest BCUT2D eigenvalue weighted by molar-refractivity contribution is 6.31. The Hall–Kier alpha value is -6.51. The second kappa shape index (κ2) is 11.5. The maximum absolute atomic E-state index is 5.55. The zero-order valence-electron chi connectivity index (χ0n) is 28.6. The van der Waals surface area contributed by atoms with Crippen molar-refractivity contribution < 1.29 is 0 Å². The molecule has 1 heterocycles. The minimum absolute atomic E-state index is 0.965. The van der Waals surface area contributed by atoms with Crippen LogP contribution in [-0.2, 0) is 0 Å². The molecule has 0 amide bonds. The highest BCUT2D eigenvalue weighted by Gasteiger charge is 2.31. The Morgan fingerprint density at radius 1 is 0.451 bits per heavy atom. The van der Waals surface area contributed by atoms with Crippen LogP contribution in [0.2, 0.25) is 0 Å². The molecule has 0 saturated heterocycles. The van der Waals surface area contributed by atoms with E-state index >= 15 is 0 Å². The summed E-state index contributed by atoms with van der Waals surface area (Å²) in [4.78, 5) is 8.10. The molecule has 2 nitrogen and oxygen atoms in total. The van der Waals surface area contributed by atoms with Crippen LogP contribution in [0.1, 0.15) is 13.8 Å². The predicted molar refractivity (Wildman–Crippen MR) is 216 cm³/mol. The van der Waals surface area contributed by atoms with E-state index in [9.17, 15) is 0 Å². The number of rotatable bonds is 4. The van der Waals surface area contributed by atoms with E-state index in [1.54, 1.807) is 0 Å². The third-order valence-corrected chi connectivity index (χ3v) is 10.5. The Bertz CT molecular complexity index is 2850. The molecule has 1 aliphatic heterocycles. The molecule has 0 bridgehead atoms. The van der Waals surface area contributed by atoms with Crippen LogP contribution >= 0.6 is 0 Å². The highest BCUT2D eigenvalue weighted by atomic mass is 15.2. The van der Waals surface area contributed by atoms with Crippen molar-refractivity contribution in [3.05, 3.63) is 180 Å². The second-order valence-electron chi connectivity index (χ2n) is 13.7. The van der Waals surface area contributed by atoms with Crippen molar-refractivity contribution in [2.75, 3.05) is 4.90 Å². The Morgan fingerprint density at radius 3 is 1.59 bits per heavy atom. The molecule has 51 heavy (non-hydrogen) atoms. The van der Waals surface area contributed by atoms with E-state index in [0.29, 0.717) is 0 Å². The van der Waals surface area contributed by atoms with Crippen molar-refractivity contribution in [2.45, 2.75) is 13.8 Å². The monoisotopic (exact) mass is 650 g/mol. The Kier molecular flexibility index (Phi) is 6.65. The summed E-state index contributed by atoms with van der Waals surface area (Å²) in [6, 6.07) is 61.9. The maximum atomic E-state index is 5.55. The summed E-state index contributed by atoms with van der Waals surface area (Å²) in [7, 11) is 0. The van der Waals surface area contributed by atoms with E-state index in [4.69, 9.17) is 4.99 Å². The average molecular weight is 651 g/mol. The van der Waals surface area contributed by atoms with Crippen molar-refractivity contribution in [1.29, 1.82) is 0 Å². The minimum Gasteiger partial charge on any atom is -0.304 e. The van der Waals surface area contributed by atoms with Gasteiger partial charge in [0.15, 0.2) is 0 Å². The summed E-state index contributed by atoms with van der Waals surface area (Å²) in [5.74, 6) is 0. The van der Waals surface area contributed by atoms with Crippen LogP contribution in [0.5, 0.6) is 0 Å². The smallest absolute Gasteiger partial charge is 0.0963 e. The number of fused-ring (bicyclic) bond motifs is 4. The summed E-state index contributed by atoms with van der Waals surface area (Å²) in [5, 5.41) is 9.58. The van der Waals surface area contributed by atoms with Gasteiger partial charge in [0.25, 0.3) is 0 Å². The fourth-order valence-corrected chi connectivity index (χ4v) is 8.07. The number of hydrogen-bond acceptors (Lipinski definition) is 2. The molecular weight excluding hydrogens is 617 g/mol. The van der Waals surface area contributed by atoms with Crippen LogP contribution in [0.4, 0.5) is 22.7 Å². The average Bonchev–Trinajstić information content (AvgIpc) is 3.20. The number of hydrogen-bond donors (Lipinski definition) is 0. The van der Waals surface area contributed by atoms with Crippen molar-refractivity contribution in [1.82, 2.24) is 0 Å². The molecule has 10 rings (SSSR count). The molecule has 0 N–H and O–H groups in total. The first-order valence-electron chi connectivity index (χ1n) is 17.6. The largest absolute Gasteiger partial charge is 0.304 e. The van der Waals surface area contributed by atoms with E-state index in [-0.39, 0.29) is 0 Å². The molecular formula is C49H34N2. The lowest BCUT2D eigenvalue weighted by atomic mass is 9.87. The van der Waals surface area contributed by atoms with Gasteiger partial charge in [-0.1, -0.05) is 151 Å². The SMILES string of the molecule is CC(C)=c1ccc2c(c1)N(c1c(-c3ccccc3)cc(-c3ccccc3)cc1-c1ccccc1)c1c(c3cccc4ccc5cccc1c5c43)N=2. The third kappa shape index (κ3) is 4.61. The van der Waals surface area contributed by atoms with E-state index in [0.717, 1.165) is 28.1 Å². The van der Waals surface area contributed by atoms with Crippen LogP contribution in [0.15, 0.2) is 175 Å². The summed E-state index contributed by atoms with van der Waals surface area (Å²) < 4.78 is 0. The summed E-state index contributed by atoms with van der Waals surface area (Å²) >= 11 is 0. The van der Waals surface area contributed by atoms with Gasteiger partial charge >= 0.3 is 0 Å². The molecule has 0 saturated carbocycles. The first kappa shape index (κ1) is 29.4. The fourth-order valence-electron chi connectivity index (χ4n) is 8.07. The summed E-state index contributed by atoms with van der Waals surface area (Å²) in [6.45, 7) is 4.38. The standard InChI is InChI=1S/C49H34N2/c1-31(2)37-26-27-43-44(30-37)51(49-40-23-13-21-36-25-24-35-20-12-22-39(47(49)50-43)45(35)46(36)40)48-41(33-16-8-4-9-17-33)28-38(32-14-6-3-7-15-32)29-42(48)34-18-10-5-11-19-34/h3-30H,1-2H3. The molecule has 0 unspecified atom stereocenters. The predicted octanol–water partition coefficient (Wildman–Crippen LogP) is 12.5. The zero-order chi connectivity index (χ0) is 34.1. The second-order valence-corrected chi connectivity index (χ2v) is 13.7. The lowest BCUT2D eigenvalue weighted by Gasteiger charge is -2.35. The molecule has 240 valence electrons. The molecule has 0 fully saturated rings. The lowest BCUT2D eigenvalue weighted by Crippen LogP contribution is -2.26. The van der Waals surface area contributed by atoms with Crippen LogP contribution in [0, 0.1) is 0 Å². The van der Waals surface area contributed by atoms with Gasteiger partial charge in [-0.25, -0.2) is 4.99 Å². The van der Waals surface area contributed by atoms with Crippen LogP contribution in [0.3, 0.4) is 0 Å². The fraction of sp³-hybridized carbons (Fsp3) is 0.0408. The molecule has 1 aliphatic rings. The quantitative estimate of drug-likeness (QED) is 0.173. The van der Waals surface area contributed by atoms with Gasteiger partial charge in [0.2, 0.25) is 0 Å². The Balaban J connectivity index is 1.44. The lowest BCUT2D eigenvalue weighted by molar-refractivity contribution is 1.18. The number of benzene rings is 9. The topological polar surface area (TPSA) is 15.6 Å². The van der Waals surface area contributed by atoms with Crippen LogP contribution < -0.4 is 15.5 Å².